The van der Waals surface area contributed by atoms with Crippen LogP contribution in [0.3, 0.4) is 0 Å². The number of ether oxygens (including phenoxy) is 1. The fraction of sp³-hybridized carbons (Fsp3) is 0.273. The lowest BCUT2D eigenvalue weighted by Gasteiger charge is -2.11. The monoisotopic (exact) mass is 221 g/mol. The first-order valence-electron chi connectivity index (χ1n) is 4.55. The number of phenols is 1. The van der Waals surface area contributed by atoms with Gasteiger partial charge >= 0.3 is 5.97 Å². The molecule has 1 unspecified atom stereocenters. The van der Waals surface area contributed by atoms with Gasteiger partial charge in [-0.25, -0.2) is 0 Å². The zero-order valence-corrected chi connectivity index (χ0v) is 8.89. The molecular formula is C11H11NO4. The number of methoxy groups -OCH3 is 1. The van der Waals surface area contributed by atoms with Crippen LogP contribution in [0.2, 0.25) is 0 Å². The van der Waals surface area contributed by atoms with Gasteiger partial charge in [-0.3, -0.25) is 4.79 Å². The highest BCUT2D eigenvalue weighted by Crippen LogP contribution is 2.32. The molecular weight excluding hydrogens is 210 g/mol. The summed E-state index contributed by atoms with van der Waals surface area (Å²) in [6.45, 7) is 1.44. The van der Waals surface area contributed by atoms with Gasteiger partial charge in [0.15, 0.2) is 0 Å². The topological polar surface area (TPSA) is 90.6 Å². The Balaban J connectivity index is 3.33. The lowest BCUT2D eigenvalue weighted by atomic mass is 9.98. The first kappa shape index (κ1) is 11.9. The molecule has 1 aromatic rings. The van der Waals surface area contributed by atoms with Gasteiger partial charge in [0.05, 0.1) is 18.6 Å². The van der Waals surface area contributed by atoms with Crippen molar-refractivity contribution in [1.82, 2.24) is 0 Å². The molecule has 1 aromatic carbocycles. The third-order valence-corrected chi connectivity index (χ3v) is 2.31. The number of aromatic hydroxyl groups is 1. The van der Waals surface area contributed by atoms with E-state index in [4.69, 9.17) is 15.1 Å². The molecule has 1 rings (SSSR count). The Morgan fingerprint density at radius 2 is 2.19 bits per heavy atom. The molecule has 0 radical (unpaired) electrons. The van der Waals surface area contributed by atoms with Crippen molar-refractivity contribution >= 4 is 5.97 Å². The SMILES string of the molecule is COc1cc(O)c(C(C)C(=O)O)cc1C#N. The number of carboxylic acid groups (broad SMARTS) is 1. The molecule has 0 spiro atoms. The molecule has 5 heteroatoms. The summed E-state index contributed by atoms with van der Waals surface area (Å²) in [5, 5.41) is 27.3. The van der Waals surface area contributed by atoms with E-state index in [2.05, 4.69) is 0 Å². The molecule has 0 fully saturated rings. The maximum atomic E-state index is 10.8. The first-order valence-corrected chi connectivity index (χ1v) is 4.55. The Kier molecular flexibility index (Phi) is 3.36. The third kappa shape index (κ3) is 2.06. The lowest BCUT2D eigenvalue weighted by molar-refractivity contribution is -0.138. The lowest BCUT2D eigenvalue weighted by Crippen LogP contribution is -2.08. The van der Waals surface area contributed by atoms with Gasteiger partial charge in [0.25, 0.3) is 0 Å². The fourth-order valence-electron chi connectivity index (χ4n) is 1.32. The molecule has 5 nitrogen and oxygen atoms in total. The number of hydrogen-bond donors (Lipinski definition) is 2. The van der Waals surface area contributed by atoms with Crippen LogP contribution in [-0.4, -0.2) is 23.3 Å². The third-order valence-electron chi connectivity index (χ3n) is 2.31. The highest BCUT2D eigenvalue weighted by atomic mass is 16.5. The summed E-state index contributed by atoms with van der Waals surface area (Å²) in [5.41, 5.74) is 0.397. The van der Waals surface area contributed by atoms with Gasteiger partial charge < -0.3 is 14.9 Å². The van der Waals surface area contributed by atoms with E-state index in [-0.39, 0.29) is 22.6 Å². The van der Waals surface area contributed by atoms with E-state index in [9.17, 15) is 9.90 Å². The summed E-state index contributed by atoms with van der Waals surface area (Å²) >= 11 is 0. The molecule has 0 saturated carbocycles. The second kappa shape index (κ2) is 4.53. The second-order valence-electron chi connectivity index (χ2n) is 3.28. The van der Waals surface area contributed by atoms with E-state index < -0.39 is 11.9 Å². The maximum Gasteiger partial charge on any atom is 0.310 e. The summed E-state index contributed by atoms with van der Waals surface area (Å²) in [4.78, 5) is 10.8. The van der Waals surface area contributed by atoms with Crippen molar-refractivity contribution in [3.8, 4) is 17.6 Å². The second-order valence-corrected chi connectivity index (χ2v) is 3.28. The Morgan fingerprint density at radius 1 is 1.56 bits per heavy atom. The molecule has 16 heavy (non-hydrogen) atoms. The van der Waals surface area contributed by atoms with E-state index >= 15 is 0 Å². The van der Waals surface area contributed by atoms with Gasteiger partial charge in [-0.15, -0.1) is 0 Å². The number of phenolic OH excluding ortho intramolecular Hbond substituents is 1. The molecule has 0 aliphatic heterocycles. The van der Waals surface area contributed by atoms with Gasteiger partial charge in [0.2, 0.25) is 0 Å². The highest BCUT2D eigenvalue weighted by Gasteiger charge is 2.20. The van der Waals surface area contributed by atoms with E-state index in [1.807, 2.05) is 6.07 Å². The van der Waals surface area contributed by atoms with Crippen LogP contribution < -0.4 is 4.74 Å². The quantitative estimate of drug-likeness (QED) is 0.806. The van der Waals surface area contributed by atoms with E-state index in [0.717, 1.165) is 0 Å². The minimum absolute atomic E-state index is 0.189. The molecule has 0 saturated heterocycles. The number of hydrogen-bond acceptors (Lipinski definition) is 4. The molecule has 0 aliphatic rings. The molecule has 0 amide bonds. The molecule has 0 aliphatic carbocycles. The van der Waals surface area contributed by atoms with Gasteiger partial charge in [-0.2, -0.15) is 5.26 Å². The highest BCUT2D eigenvalue weighted by molar-refractivity contribution is 5.77. The number of carbonyl (C=O) groups is 1. The standard InChI is InChI=1S/C11H11NO4/c1-6(11(14)15)8-3-7(5-12)10(16-2)4-9(8)13/h3-4,6,13H,1-2H3,(H,14,15). The first-order chi connectivity index (χ1) is 7.51. The van der Waals surface area contributed by atoms with E-state index in [1.165, 1.54) is 26.2 Å². The van der Waals surface area contributed by atoms with Crippen LogP contribution in [-0.2, 0) is 4.79 Å². The van der Waals surface area contributed by atoms with Crippen LogP contribution in [0.15, 0.2) is 12.1 Å². The van der Waals surface area contributed by atoms with E-state index in [0.29, 0.717) is 0 Å². The zero-order chi connectivity index (χ0) is 12.3. The van der Waals surface area contributed by atoms with Gasteiger partial charge in [-0.1, -0.05) is 0 Å². The van der Waals surface area contributed by atoms with Crippen molar-refractivity contribution in [2.75, 3.05) is 7.11 Å². The largest absolute Gasteiger partial charge is 0.508 e. The Labute approximate surface area is 92.5 Å². The van der Waals surface area contributed by atoms with Crippen molar-refractivity contribution in [2.24, 2.45) is 0 Å². The molecule has 0 heterocycles. The van der Waals surface area contributed by atoms with Crippen LogP contribution >= 0.6 is 0 Å². The number of benzene rings is 1. The summed E-state index contributed by atoms with van der Waals surface area (Å²) in [6.07, 6.45) is 0. The van der Waals surface area contributed by atoms with Gasteiger partial charge in [-0.05, 0) is 13.0 Å². The summed E-state index contributed by atoms with van der Waals surface area (Å²) in [7, 11) is 1.37. The van der Waals surface area contributed by atoms with Crippen LogP contribution in [0, 0.1) is 11.3 Å². The minimum atomic E-state index is -1.07. The fourth-order valence-corrected chi connectivity index (χ4v) is 1.32. The summed E-state index contributed by atoms with van der Waals surface area (Å²) in [5.74, 6) is -1.91. The van der Waals surface area contributed by atoms with Crippen molar-refractivity contribution in [3.63, 3.8) is 0 Å². The van der Waals surface area contributed by atoms with Crippen molar-refractivity contribution in [3.05, 3.63) is 23.3 Å². The van der Waals surface area contributed by atoms with Crippen molar-refractivity contribution in [1.29, 1.82) is 5.26 Å². The van der Waals surface area contributed by atoms with Crippen LogP contribution in [0.4, 0.5) is 0 Å². The molecule has 2 N–H and O–H groups in total. The summed E-state index contributed by atoms with van der Waals surface area (Å²) in [6, 6.07) is 4.45. The normalized spacial score (nSPS) is 11.6. The Bertz CT molecular complexity index is 462. The molecule has 84 valence electrons. The maximum absolute atomic E-state index is 10.8. The molecule has 0 bridgehead atoms. The minimum Gasteiger partial charge on any atom is -0.508 e. The number of nitrogens with zero attached hydrogens (tertiary/aromatic N) is 1. The van der Waals surface area contributed by atoms with Gasteiger partial charge in [0, 0.05) is 11.6 Å². The van der Waals surface area contributed by atoms with E-state index in [1.54, 1.807) is 0 Å². The molecule has 0 aromatic heterocycles. The van der Waals surface area contributed by atoms with Crippen molar-refractivity contribution in [2.45, 2.75) is 12.8 Å². The predicted octanol–water partition coefficient (Wildman–Crippen LogP) is 1.46. The molecule has 1 atom stereocenters. The number of nitriles is 1. The van der Waals surface area contributed by atoms with Gasteiger partial charge in [0.1, 0.15) is 17.6 Å². The Morgan fingerprint density at radius 3 is 2.62 bits per heavy atom. The van der Waals surface area contributed by atoms with Crippen LogP contribution in [0.25, 0.3) is 0 Å². The number of rotatable bonds is 3. The summed E-state index contributed by atoms with van der Waals surface area (Å²) < 4.78 is 4.88. The predicted molar refractivity (Wildman–Crippen MR) is 55.4 cm³/mol. The Hall–Kier alpha value is -2.22. The number of aliphatic carboxylic acids is 1. The van der Waals surface area contributed by atoms with Crippen LogP contribution in [0.5, 0.6) is 11.5 Å². The average Bonchev–Trinajstić information content (AvgIpc) is 2.27. The zero-order valence-electron chi connectivity index (χ0n) is 8.89. The number of carboxylic acids is 1. The van der Waals surface area contributed by atoms with Crippen molar-refractivity contribution < 1.29 is 19.7 Å². The average molecular weight is 221 g/mol. The smallest absolute Gasteiger partial charge is 0.310 e. The van der Waals surface area contributed by atoms with Crippen LogP contribution in [0.1, 0.15) is 24.0 Å².